The lowest BCUT2D eigenvalue weighted by Crippen LogP contribution is -2.33. The number of carbonyl (C=O) groups is 1. The third kappa shape index (κ3) is 3.20. The van der Waals surface area contributed by atoms with Crippen molar-refractivity contribution < 1.29 is 4.79 Å². The number of aryl methyl sites for hydroxylation is 3. The first-order valence-electron chi connectivity index (χ1n) is 9.53. The molecule has 27 heavy (non-hydrogen) atoms. The van der Waals surface area contributed by atoms with Gasteiger partial charge in [0.25, 0.3) is 5.91 Å². The average Bonchev–Trinajstić information content (AvgIpc) is 3.50. The van der Waals surface area contributed by atoms with Crippen LogP contribution < -0.4 is 0 Å². The van der Waals surface area contributed by atoms with E-state index >= 15 is 0 Å². The summed E-state index contributed by atoms with van der Waals surface area (Å²) in [5.41, 5.74) is 5.82. The number of amides is 1. The highest BCUT2D eigenvalue weighted by Gasteiger charge is 2.38. The van der Waals surface area contributed by atoms with Crippen LogP contribution in [0.2, 0.25) is 0 Å². The molecule has 4 rings (SSSR count). The van der Waals surface area contributed by atoms with Gasteiger partial charge in [0, 0.05) is 24.3 Å². The molecule has 1 aliphatic carbocycles. The van der Waals surface area contributed by atoms with E-state index in [9.17, 15) is 4.79 Å². The van der Waals surface area contributed by atoms with Gasteiger partial charge >= 0.3 is 0 Å². The van der Waals surface area contributed by atoms with Gasteiger partial charge in [-0.3, -0.25) is 14.8 Å². The first-order valence-corrected chi connectivity index (χ1v) is 9.53. The van der Waals surface area contributed by atoms with Crippen LogP contribution in [0.1, 0.15) is 51.8 Å². The van der Waals surface area contributed by atoms with Crippen molar-refractivity contribution in [2.24, 2.45) is 5.92 Å². The number of pyridine rings is 2. The van der Waals surface area contributed by atoms with Crippen LogP contribution in [-0.4, -0.2) is 27.8 Å². The Bertz CT molecular complexity index is 1010. The van der Waals surface area contributed by atoms with Crippen molar-refractivity contribution in [1.29, 1.82) is 0 Å². The quantitative estimate of drug-likeness (QED) is 0.673. The molecule has 2 aromatic heterocycles. The molecule has 0 radical (unpaired) electrons. The Kier molecular flexibility index (Phi) is 4.42. The zero-order valence-corrected chi connectivity index (χ0v) is 16.4. The highest BCUT2D eigenvalue weighted by Crippen LogP contribution is 2.44. The summed E-state index contributed by atoms with van der Waals surface area (Å²) in [6, 6.07) is 12.0. The third-order valence-corrected chi connectivity index (χ3v) is 5.66. The van der Waals surface area contributed by atoms with Crippen LogP contribution >= 0.6 is 0 Å². The largest absolute Gasteiger partial charge is 0.333 e. The lowest BCUT2D eigenvalue weighted by Gasteiger charge is -2.28. The molecule has 4 heteroatoms. The maximum absolute atomic E-state index is 13.5. The van der Waals surface area contributed by atoms with Crippen LogP contribution in [0.4, 0.5) is 0 Å². The minimum absolute atomic E-state index is 0.0220. The highest BCUT2D eigenvalue weighted by atomic mass is 16.2. The van der Waals surface area contributed by atoms with Gasteiger partial charge in [0.2, 0.25) is 0 Å². The molecular weight excluding hydrogens is 334 g/mol. The predicted octanol–water partition coefficient (Wildman–Crippen LogP) is 4.78. The standard InChI is InChI=1S/C23H25N3O/c1-14-8-11-18-19(13-15(2)25-21(18)16(14)3)23(27)26(4)22(17-9-10-17)20-7-5-6-12-24-20/h5-8,11-13,17,22H,9-10H2,1-4H3. The Morgan fingerprint density at radius 1 is 1.15 bits per heavy atom. The summed E-state index contributed by atoms with van der Waals surface area (Å²) < 4.78 is 0. The van der Waals surface area contributed by atoms with E-state index < -0.39 is 0 Å². The molecule has 1 saturated carbocycles. The first kappa shape index (κ1) is 17.7. The van der Waals surface area contributed by atoms with E-state index in [1.807, 2.05) is 49.2 Å². The smallest absolute Gasteiger partial charge is 0.254 e. The molecule has 2 heterocycles. The van der Waals surface area contributed by atoms with Crippen molar-refractivity contribution in [1.82, 2.24) is 14.9 Å². The third-order valence-electron chi connectivity index (χ3n) is 5.66. The number of hydrogen-bond acceptors (Lipinski definition) is 3. The van der Waals surface area contributed by atoms with Gasteiger partial charge in [-0.1, -0.05) is 18.2 Å². The number of aromatic nitrogens is 2. The van der Waals surface area contributed by atoms with Gasteiger partial charge in [0.05, 0.1) is 22.8 Å². The van der Waals surface area contributed by atoms with Crippen LogP contribution in [0, 0.1) is 26.7 Å². The molecule has 3 aromatic rings. The zero-order chi connectivity index (χ0) is 19.1. The van der Waals surface area contributed by atoms with E-state index in [0.717, 1.165) is 46.3 Å². The van der Waals surface area contributed by atoms with Crippen LogP contribution in [0.15, 0.2) is 42.6 Å². The maximum Gasteiger partial charge on any atom is 0.254 e. The van der Waals surface area contributed by atoms with Crippen LogP contribution in [0.3, 0.4) is 0 Å². The Hall–Kier alpha value is -2.75. The molecule has 0 bridgehead atoms. The van der Waals surface area contributed by atoms with Crippen molar-refractivity contribution in [2.45, 2.75) is 39.7 Å². The normalized spacial score (nSPS) is 15.0. The summed E-state index contributed by atoms with van der Waals surface area (Å²) in [5.74, 6) is 0.531. The second-order valence-electron chi connectivity index (χ2n) is 7.67. The Morgan fingerprint density at radius 3 is 2.59 bits per heavy atom. The average molecular weight is 359 g/mol. The molecule has 0 saturated heterocycles. The summed E-state index contributed by atoms with van der Waals surface area (Å²) in [6.07, 6.45) is 4.10. The fraction of sp³-hybridized carbons (Fsp3) is 0.348. The van der Waals surface area contributed by atoms with Crippen molar-refractivity contribution >= 4 is 16.8 Å². The lowest BCUT2D eigenvalue weighted by molar-refractivity contribution is 0.0709. The highest BCUT2D eigenvalue weighted by molar-refractivity contribution is 6.07. The molecule has 0 aliphatic heterocycles. The number of fused-ring (bicyclic) bond motifs is 1. The number of nitrogens with zero attached hydrogens (tertiary/aromatic N) is 3. The van der Waals surface area contributed by atoms with E-state index in [2.05, 4.69) is 24.9 Å². The Morgan fingerprint density at radius 2 is 1.93 bits per heavy atom. The van der Waals surface area contributed by atoms with Crippen molar-refractivity contribution in [3.05, 3.63) is 70.7 Å². The zero-order valence-electron chi connectivity index (χ0n) is 16.4. The fourth-order valence-corrected chi connectivity index (χ4v) is 3.87. The molecule has 1 atom stereocenters. The van der Waals surface area contributed by atoms with Gasteiger partial charge in [0.1, 0.15) is 0 Å². The van der Waals surface area contributed by atoms with E-state index in [1.54, 1.807) is 6.20 Å². The molecule has 0 spiro atoms. The summed E-state index contributed by atoms with van der Waals surface area (Å²) in [6.45, 7) is 6.11. The van der Waals surface area contributed by atoms with Gasteiger partial charge in [-0.15, -0.1) is 0 Å². The fourth-order valence-electron chi connectivity index (χ4n) is 3.87. The summed E-state index contributed by atoms with van der Waals surface area (Å²) in [4.78, 5) is 24.6. The van der Waals surface area contributed by atoms with Crippen LogP contribution in [0.5, 0.6) is 0 Å². The topological polar surface area (TPSA) is 46.1 Å². The summed E-state index contributed by atoms with van der Waals surface area (Å²) in [7, 11) is 1.91. The second-order valence-corrected chi connectivity index (χ2v) is 7.67. The Labute approximate surface area is 160 Å². The molecule has 1 aliphatic rings. The SMILES string of the molecule is Cc1cc(C(=O)N(C)C(c2ccccn2)C2CC2)c2ccc(C)c(C)c2n1. The van der Waals surface area contributed by atoms with E-state index in [4.69, 9.17) is 4.98 Å². The minimum Gasteiger partial charge on any atom is -0.333 e. The maximum atomic E-state index is 13.5. The molecule has 1 amide bonds. The van der Waals surface area contributed by atoms with Crippen molar-refractivity contribution in [2.75, 3.05) is 7.05 Å². The van der Waals surface area contributed by atoms with E-state index in [-0.39, 0.29) is 11.9 Å². The molecule has 1 fully saturated rings. The number of rotatable bonds is 4. The molecule has 1 unspecified atom stereocenters. The number of carbonyl (C=O) groups excluding carboxylic acids is 1. The first-order chi connectivity index (χ1) is 13.0. The summed E-state index contributed by atoms with van der Waals surface area (Å²) >= 11 is 0. The van der Waals surface area contributed by atoms with Crippen molar-refractivity contribution in [3.63, 3.8) is 0 Å². The van der Waals surface area contributed by atoms with Gasteiger partial charge in [-0.25, -0.2) is 0 Å². The Balaban J connectivity index is 1.79. The molecular formula is C23H25N3O. The lowest BCUT2D eigenvalue weighted by atomic mass is 9.99. The van der Waals surface area contributed by atoms with E-state index in [1.165, 1.54) is 5.56 Å². The van der Waals surface area contributed by atoms with Crippen molar-refractivity contribution in [3.8, 4) is 0 Å². The number of benzene rings is 1. The van der Waals surface area contributed by atoms with Gasteiger partial charge in [-0.05, 0) is 68.9 Å². The van der Waals surface area contributed by atoms with Crippen LogP contribution in [-0.2, 0) is 0 Å². The molecule has 4 nitrogen and oxygen atoms in total. The molecule has 138 valence electrons. The van der Waals surface area contributed by atoms with Crippen LogP contribution in [0.25, 0.3) is 10.9 Å². The monoisotopic (exact) mass is 359 g/mol. The van der Waals surface area contributed by atoms with Gasteiger partial charge in [0.15, 0.2) is 0 Å². The predicted molar refractivity (Wildman–Crippen MR) is 108 cm³/mol. The van der Waals surface area contributed by atoms with Gasteiger partial charge < -0.3 is 4.90 Å². The van der Waals surface area contributed by atoms with E-state index in [0.29, 0.717) is 5.92 Å². The molecule has 0 N–H and O–H groups in total. The number of hydrogen-bond donors (Lipinski definition) is 0. The second kappa shape index (κ2) is 6.76. The summed E-state index contributed by atoms with van der Waals surface area (Å²) in [5, 5.41) is 0.927. The van der Waals surface area contributed by atoms with Gasteiger partial charge in [-0.2, -0.15) is 0 Å². The minimum atomic E-state index is 0.0220. The molecule has 1 aromatic carbocycles.